The summed E-state index contributed by atoms with van der Waals surface area (Å²) in [7, 11) is 1.63. The van der Waals surface area contributed by atoms with Gasteiger partial charge in [-0.1, -0.05) is 60.3 Å². The Bertz CT molecular complexity index is 1240. The van der Waals surface area contributed by atoms with Crippen molar-refractivity contribution in [1.82, 2.24) is 20.2 Å². The molecule has 1 aromatic heterocycles. The average Bonchev–Trinajstić information content (AvgIpc) is 3.31. The van der Waals surface area contributed by atoms with E-state index in [1.807, 2.05) is 96.4 Å². The van der Waals surface area contributed by atoms with Gasteiger partial charge in [-0.2, -0.15) is 5.10 Å². The SMILES string of the molecule is COc1ccc(-c2nnc(SCC(=O)N/N=C(\C)c3ccccc3)n2-c2ccccc2)cc1. The summed E-state index contributed by atoms with van der Waals surface area (Å²) >= 11 is 1.30. The molecule has 0 saturated carbocycles. The molecule has 7 nitrogen and oxygen atoms in total. The van der Waals surface area contributed by atoms with Crippen molar-refractivity contribution in [2.45, 2.75) is 12.1 Å². The van der Waals surface area contributed by atoms with Crippen LogP contribution in [-0.2, 0) is 4.79 Å². The third kappa shape index (κ3) is 5.48. The first kappa shape index (κ1) is 22.3. The van der Waals surface area contributed by atoms with Gasteiger partial charge in [-0.05, 0) is 48.9 Å². The molecule has 0 saturated heterocycles. The molecule has 0 spiro atoms. The van der Waals surface area contributed by atoms with E-state index in [1.54, 1.807) is 7.11 Å². The highest BCUT2D eigenvalue weighted by atomic mass is 32.2. The van der Waals surface area contributed by atoms with E-state index in [9.17, 15) is 4.79 Å². The van der Waals surface area contributed by atoms with Gasteiger partial charge in [-0.25, -0.2) is 5.43 Å². The van der Waals surface area contributed by atoms with Crippen LogP contribution in [0.15, 0.2) is 95.2 Å². The molecule has 1 heterocycles. The molecule has 33 heavy (non-hydrogen) atoms. The number of ether oxygens (including phenoxy) is 1. The summed E-state index contributed by atoms with van der Waals surface area (Å²) in [5, 5.41) is 13.6. The minimum atomic E-state index is -0.219. The summed E-state index contributed by atoms with van der Waals surface area (Å²) in [6, 6.07) is 27.2. The van der Waals surface area contributed by atoms with Gasteiger partial charge >= 0.3 is 0 Å². The third-order valence-corrected chi connectivity index (χ3v) is 5.80. The van der Waals surface area contributed by atoms with E-state index in [4.69, 9.17) is 4.74 Å². The normalized spacial score (nSPS) is 11.3. The number of methoxy groups -OCH3 is 1. The van der Waals surface area contributed by atoms with Gasteiger partial charge in [0, 0.05) is 11.3 Å². The minimum Gasteiger partial charge on any atom is -0.497 e. The number of hydrazone groups is 1. The van der Waals surface area contributed by atoms with Gasteiger partial charge in [0.2, 0.25) is 0 Å². The number of amides is 1. The Morgan fingerprint density at radius 2 is 1.64 bits per heavy atom. The number of para-hydroxylation sites is 1. The molecular formula is C25H23N5O2S. The highest BCUT2D eigenvalue weighted by Crippen LogP contribution is 2.28. The Morgan fingerprint density at radius 1 is 0.970 bits per heavy atom. The van der Waals surface area contributed by atoms with E-state index in [1.165, 1.54) is 11.8 Å². The fourth-order valence-electron chi connectivity index (χ4n) is 3.15. The van der Waals surface area contributed by atoms with Crippen LogP contribution in [-0.4, -0.2) is 39.2 Å². The van der Waals surface area contributed by atoms with Crippen LogP contribution < -0.4 is 10.2 Å². The number of carbonyl (C=O) groups is 1. The molecule has 0 bridgehead atoms. The number of benzene rings is 3. The zero-order valence-electron chi connectivity index (χ0n) is 18.3. The third-order valence-electron chi connectivity index (χ3n) is 4.87. The van der Waals surface area contributed by atoms with Crippen molar-refractivity contribution >= 4 is 23.4 Å². The lowest BCUT2D eigenvalue weighted by molar-refractivity contribution is -0.118. The molecule has 166 valence electrons. The first-order valence-electron chi connectivity index (χ1n) is 10.3. The first-order chi connectivity index (χ1) is 16.2. The van der Waals surface area contributed by atoms with E-state index < -0.39 is 0 Å². The monoisotopic (exact) mass is 457 g/mol. The quantitative estimate of drug-likeness (QED) is 0.238. The highest BCUT2D eigenvalue weighted by Gasteiger charge is 2.17. The topological polar surface area (TPSA) is 81.4 Å². The Kier molecular flexibility index (Phi) is 7.16. The van der Waals surface area contributed by atoms with E-state index in [2.05, 4.69) is 20.7 Å². The summed E-state index contributed by atoms with van der Waals surface area (Å²) in [5.41, 5.74) is 6.12. The average molecular weight is 458 g/mol. The standard InChI is InChI=1S/C25H23N5O2S/c1-18(19-9-5-3-6-10-19)26-27-23(31)17-33-25-29-28-24(20-13-15-22(32-2)16-14-20)30(25)21-11-7-4-8-12-21/h3-16H,17H2,1-2H3,(H,27,31)/b26-18+. The van der Waals surface area contributed by atoms with Crippen LogP contribution in [0.2, 0.25) is 0 Å². The number of nitrogens with zero attached hydrogens (tertiary/aromatic N) is 4. The van der Waals surface area contributed by atoms with Crippen LogP contribution >= 0.6 is 11.8 Å². The molecule has 1 N–H and O–H groups in total. The maximum absolute atomic E-state index is 12.4. The van der Waals surface area contributed by atoms with Crippen molar-refractivity contribution in [2.24, 2.45) is 5.10 Å². The zero-order valence-corrected chi connectivity index (χ0v) is 19.1. The van der Waals surface area contributed by atoms with Gasteiger partial charge in [0.05, 0.1) is 18.6 Å². The van der Waals surface area contributed by atoms with Crippen molar-refractivity contribution in [1.29, 1.82) is 0 Å². The van der Waals surface area contributed by atoms with E-state index in [-0.39, 0.29) is 11.7 Å². The molecule has 3 aromatic carbocycles. The molecule has 0 aliphatic heterocycles. The number of thioether (sulfide) groups is 1. The van der Waals surface area contributed by atoms with Crippen molar-refractivity contribution in [3.05, 3.63) is 90.5 Å². The summed E-state index contributed by atoms with van der Waals surface area (Å²) in [6.07, 6.45) is 0. The number of aromatic nitrogens is 3. The molecule has 0 atom stereocenters. The van der Waals surface area contributed by atoms with Gasteiger partial charge in [0.25, 0.3) is 5.91 Å². The van der Waals surface area contributed by atoms with Gasteiger partial charge < -0.3 is 4.74 Å². The second-order valence-corrected chi connectivity index (χ2v) is 8.04. The molecule has 1 amide bonds. The Balaban J connectivity index is 1.52. The second kappa shape index (κ2) is 10.6. The summed E-state index contributed by atoms with van der Waals surface area (Å²) in [6.45, 7) is 1.86. The molecule has 0 aliphatic rings. The van der Waals surface area contributed by atoms with Crippen molar-refractivity contribution in [2.75, 3.05) is 12.9 Å². The number of hydrogen-bond acceptors (Lipinski definition) is 6. The fourth-order valence-corrected chi connectivity index (χ4v) is 3.90. The lowest BCUT2D eigenvalue weighted by Crippen LogP contribution is -2.21. The Labute approximate surface area is 196 Å². The van der Waals surface area contributed by atoms with E-state index >= 15 is 0 Å². The summed E-state index contributed by atoms with van der Waals surface area (Å²) in [5.74, 6) is 1.38. The van der Waals surface area contributed by atoms with Crippen LogP contribution in [0.5, 0.6) is 5.75 Å². The molecule has 8 heteroatoms. The highest BCUT2D eigenvalue weighted by molar-refractivity contribution is 7.99. The fraction of sp³-hybridized carbons (Fsp3) is 0.120. The number of carbonyl (C=O) groups excluding carboxylic acids is 1. The number of nitrogens with one attached hydrogen (secondary N) is 1. The molecule has 0 fully saturated rings. The van der Waals surface area contributed by atoms with Crippen LogP contribution in [0.1, 0.15) is 12.5 Å². The second-order valence-electron chi connectivity index (χ2n) is 7.09. The zero-order chi connectivity index (χ0) is 23.0. The van der Waals surface area contributed by atoms with Crippen molar-refractivity contribution in [3.8, 4) is 22.8 Å². The predicted octanol–water partition coefficient (Wildman–Crippen LogP) is 4.58. The maximum atomic E-state index is 12.4. The van der Waals surface area contributed by atoms with Gasteiger partial charge in [0.15, 0.2) is 11.0 Å². The van der Waals surface area contributed by atoms with Crippen LogP contribution in [0.3, 0.4) is 0 Å². The Morgan fingerprint density at radius 3 is 2.30 bits per heavy atom. The molecule has 4 aromatic rings. The van der Waals surface area contributed by atoms with Crippen LogP contribution in [0, 0.1) is 0 Å². The number of rotatable bonds is 8. The molecule has 4 rings (SSSR count). The smallest absolute Gasteiger partial charge is 0.250 e. The van der Waals surface area contributed by atoms with Gasteiger partial charge in [-0.3, -0.25) is 9.36 Å². The molecule has 0 radical (unpaired) electrons. The minimum absolute atomic E-state index is 0.152. The molecular weight excluding hydrogens is 434 g/mol. The number of hydrogen-bond donors (Lipinski definition) is 1. The molecule has 0 aliphatic carbocycles. The van der Waals surface area contributed by atoms with E-state index in [0.717, 1.165) is 28.3 Å². The van der Waals surface area contributed by atoms with Crippen LogP contribution in [0.4, 0.5) is 0 Å². The first-order valence-corrected chi connectivity index (χ1v) is 11.3. The lowest BCUT2D eigenvalue weighted by Gasteiger charge is -2.10. The van der Waals surface area contributed by atoms with Crippen LogP contribution in [0.25, 0.3) is 17.1 Å². The van der Waals surface area contributed by atoms with Gasteiger partial charge in [0.1, 0.15) is 5.75 Å². The van der Waals surface area contributed by atoms with Crippen molar-refractivity contribution < 1.29 is 9.53 Å². The summed E-state index contributed by atoms with van der Waals surface area (Å²) in [4.78, 5) is 12.4. The molecule has 0 unspecified atom stereocenters. The predicted molar refractivity (Wildman–Crippen MR) is 131 cm³/mol. The largest absolute Gasteiger partial charge is 0.497 e. The van der Waals surface area contributed by atoms with Gasteiger partial charge in [-0.15, -0.1) is 10.2 Å². The maximum Gasteiger partial charge on any atom is 0.250 e. The summed E-state index contributed by atoms with van der Waals surface area (Å²) < 4.78 is 7.20. The van der Waals surface area contributed by atoms with Crippen molar-refractivity contribution in [3.63, 3.8) is 0 Å². The van der Waals surface area contributed by atoms with E-state index in [0.29, 0.717) is 11.0 Å². The Hall–Kier alpha value is -3.91. The lowest BCUT2D eigenvalue weighted by atomic mass is 10.1.